The summed E-state index contributed by atoms with van der Waals surface area (Å²) < 4.78 is 84.4. The van der Waals surface area contributed by atoms with Crippen LogP contribution in [0.1, 0.15) is 64.1 Å². The van der Waals surface area contributed by atoms with Crippen molar-refractivity contribution < 1.29 is 65.2 Å². The molecule has 0 aliphatic carbocycles. The van der Waals surface area contributed by atoms with Gasteiger partial charge in [0.05, 0.1) is 54.8 Å². The molecule has 14 nitrogen and oxygen atoms in total. The Balaban J connectivity index is 0.809. The lowest BCUT2D eigenvalue weighted by Gasteiger charge is -2.27. The normalized spacial score (nSPS) is 18.2. The number of fused-ring (bicyclic) bond motifs is 1. The zero-order valence-electron chi connectivity index (χ0n) is 34.7. The van der Waals surface area contributed by atoms with Gasteiger partial charge in [0.15, 0.2) is 6.10 Å². The second-order valence-corrected chi connectivity index (χ2v) is 15.9. The van der Waals surface area contributed by atoms with E-state index in [1.807, 2.05) is 0 Å². The fourth-order valence-electron chi connectivity index (χ4n) is 7.72. The van der Waals surface area contributed by atoms with Crippen LogP contribution in [-0.2, 0) is 36.6 Å². The summed E-state index contributed by atoms with van der Waals surface area (Å²) in [4.78, 5) is 65.8. The van der Waals surface area contributed by atoms with Gasteiger partial charge in [-0.15, -0.1) is 0 Å². The Labute approximate surface area is 364 Å². The molecule has 5 amide bonds. The molecule has 334 valence electrons. The second kappa shape index (κ2) is 18.9. The third-order valence-corrected chi connectivity index (χ3v) is 10.9. The van der Waals surface area contributed by atoms with Gasteiger partial charge in [0, 0.05) is 30.5 Å². The van der Waals surface area contributed by atoms with Crippen molar-refractivity contribution in [3.8, 4) is 34.4 Å². The molecule has 0 radical (unpaired) electrons. The van der Waals surface area contributed by atoms with Crippen molar-refractivity contribution in [3.05, 3.63) is 112 Å². The Morgan fingerprint density at radius 3 is 2.16 bits per heavy atom. The molecule has 2 fully saturated rings. The number of rotatable bonds is 17. The molecule has 4 aromatic carbocycles. The van der Waals surface area contributed by atoms with Gasteiger partial charge in [0.2, 0.25) is 11.8 Å². The predicted octanol–water partition coefficient (Wildman–Crippen LogP) is 6.09. The maximum atomic E-state index is 15.4. The monoisotopic (exact) mass is 886 g/mol. The first-order valence-corrected chi connectivity index (χ1v) is 20.3. The van der Waals surface area contributed by atoms with Crippen molar-refractivity contribution in [1.82, 2.24) is 15.1 Å². The molecule has 4 aromatic rings. The molecule has 0 bridgehead atoms. The minimum Gasteiger partial charge on any atom is -0.491 e. The quantitative estimate of drug-likeness (QED) is 0.0739. The number of nitrogens with one attached hydrogen (secondary N) is 1. The molecule has 18 heteroatoms. The maximum absolute atomic E-state index is 15.4. The molecule has 3 heterocycles. The number of benzene rings is 4. The number of amides is 5. The molecule has 3 aliphatic heterocycles. The van der Waals surface area contributed by atoms with Crippen LogP contribution >= 0.6 is 0 Å². The molecule has 64 heavy (non-hydrogen) atoms. The number of piperidine rings is 1. The van der Waals surface area contributed by atoms with Gasteiger partial charge in [-0.1, -0.05) is 44.2 Å². The lowest BCUT2D eigenvalue weighted by molar-refractivity contribution is -0.138. The molecule has 7 rings (SSSR count). The van der Waals surface area contributed by atoms with Crippen LogP contribution in [0.25, 0.3) is 11.1 Å². The van der Waals surface area contributed by atoms with Crippen molar-refractivity contribution in [2.75, 3.05) is 46.2 Å². The van der Waals surface area contributed by atoms with Gasteiger partial charge in [0.1, 0.15) is 42.3 Å². The Hall–Kier alpha value is -6.84. The minimum absolute atomic E-state index is 0.0183. The van der Waals surface area contributed by atoms with E-state index in [0.29, 0.717) is 22.9 Å². The van der Waals surface area contributed by atoms with E-state index in [0.717, 1.165) is 11.0 Å². The Kier molecular flexibility index (Phi) is 13.3. The topological polar surface area (TPSA) is 174 Å². The van der Waals surface area contributed by atoms with Crippen LogP contribution in [-0.4, -0.2) is 97.7 Å². The summed E-state index contributed by atoms with van der Waals surface area (Å²) in [5.74, 6) is -2.94. The van der Waals surface area contributed by atoms with Crippen LogP contribution in [0.2, 0.25) is 0 Å². The van der Waals surface area contributed by atoms with Crippen LogP contribution in [0, 0.1) is 22.6 Å². The van der Waals surface area contributed by atoms with Crippen molar-refractivity contribution in [1.29, 1.82) is 5.26 Å². The molecule has 2 atom stereocenters. The number of carbonyl (C=O) groups excluding carboxylic acids is 5. The highest BCUT2D eigenvalue weighted by atomic mass is 19.4. The molecule has 2 unspecified atom stereocenters. The van der Waals surface area contributed by atoms with E-state index in [9.17, 15) is 37.1 Å². The van der Waals surface area contributed by atoms with E-state index in [4.69, 9.17) is 28.9 Å². The number of nitriles is 1. The first-order chi connectivity index (χ1) is 30.5. The molecular weight excluding hydrogens is 845 g/mol. The molecule has 1 N–H and O–H groups in total. The molecule has 0 saturated carbocycles. The van der Waals surface area contributed by atoms with Crippen molar-refractivity contribution in [2.45, 2.75) is 51.6 Å². The maximum Gasteiger partial charge on any atom is 0.417 e. The zero-order valence-corrected chi connectivity index (χ0v) is 34.7. The lowest BCUT2D eigenvalue weighted by atomic mass is 9.89. The van der Waals surface area contributed by atoms with Crippen LogP contribution in [0.4, 0.5) is 17.6 Å². The van der Waals surface area contributed by atoms with E-state index in [1.165, 1.54) is 29.2 Å². The van der Waals surface area contributed by atoms with Gasteiger partial charge < -0.3 is 28.6 Å². The number of alkyl halides is 3. The third-order valence-electron chi connectivity index (χ3n) is 10.9. The van der Waals surface area contributed by atoms with Crippen LogP contribution in [0.5, 0.6) is 17.2 Å². The van der Waals surface area contributed by atoms with Gasteiger partial charge in [0.25, 0.3) is 17.7 Å². The molecule has 0 spiro atoms. The fraction of sp³-hybridized carbons (Fsp3) is 0.348. The van der Waals surface area contributed by atoms with E-state index in [-0.39, 0.29) is 93.8 Å². The van der Waals surface area contributed by atoms with E-state index in [2.05, 4.69) is 5.32 Å². The highest BCUT2D eigenvalue weighted by molar-refractivity contribution is 6.24. The summed E-state index contributed by atoms with van der Waals surface area (Å²) in [5.41, 5.74) is -0.820. The number of hydrogen-bond donors (Lipinski definition) is 1. The van der Waals surface area contributed by atoms with E-state index in [1.54, 1.807) is 62.4 Å². The summed E-state index contributed by atoms with van der Waals surface area (Å²) in [6, 6.07) is 19.6. The number of ether oxygens (including phenoxy) is 5. The van der Waals surface area contributed by atoms with Crippen molar-refractivity contribution >= 4 is 29.5 Å². The Bertz CT molecular complexity index is 2510. The summed E-state index contributed by atoms with van der Waals surface area (Å²) in [6.07, 6.45) is -5.86. The molecule has 2 saturated heterocycles. The number of halogens is 4. The third kappa shape index (κ3) is 9.85. The largest absolute Gasteiger partial charge is 0.491 e. The van der Waals surface area contributed by atoms with E-state index < -0.39 is 70.2 Å². The van der Waals surface area contributed by atoms with Crippen LogP contribution < -0.4 is 19.5 Å². The summed E-state index contributed by atoms with van der Waals surface area (Å²) >= 11 is 0. The highest BCUT2D eigenvalue weighted by Crippen LogP contribution is 2.39. The second-order valence-electron chi connectivity index (χ2n) is 15.9. The van der Waals surface area contributed by atoms with Gasteiger partial charge in [-0.25, -0.2) is 4.39 Å². The standard InChI is InChI=1S/C46H42F4N4O10/c1-45(2)26-53(44(59)40(45)64-32-13-10-29(24-51)34(23-32)46(48,49)50)25-30-7-6-28(22-35(30)47)27-8-11-31(12-9-27)62-20-18-60-16-17-61-19-21-63-37-5-3-4-33-39(37)43(58)54(42(33)57)36-14-15-38(55)52-41(36)56/h3-13,22-23,36,40H,14-21,25-26H2,1-2H3,(H,52,55,56). The van der Waals surface area contributed by atoms with Gasteiger partial charge in [-0.05, 0) is 66.1 Å². The SMILES string of the molecule is CC1(C)CN(Cc2ccc(-c3ccc(OCCOCCOCCOc4cccc5c4C(=O)N(C4CCC(=O)NC4=O)C5=O)cc3)cc2F)C(=O)C1Oc1ccc(C#N)c(C(F)(F)F)c1. The van der Waals surface area contributed by atoms with Crippen LogP contribution in [0.15, 0.2) is 78.9 Å². The highest BCUT2D eigenvalue weighted by Gasteiger charge is 2.49. The summed E-state index contributed by atoms with van der Waals surface area (Å²) in [7, 11) is 0. The summed E-state index contributed by atoms with van der Waals surface area (Å²) in [5, 5.41) is 11.3. The fourth-order valence-corrected chi connectivity index (χ4v) is 7.72. The minimum atomic E-state index is -4.79. The van der Waals surface area contributed by atoms with Crippen molar-refractivity contribution in [3.63, 3.8) is 0 Å². The van der Waals surface area contributed by atoms with Gasteiger partial charge >= 0.3 is 6.18 Å². The Morgan fingerprint density at radius 1 is 0.812 bits per heavy atom. The lowest BCUT2D eigenvalue weighted by Crippen LogP contribution is -2.54. The van der Waals surface area contributed by atoms with Gasteiger partial charge in [-0.3, -0.25) is 34.2 Å². The average Bonchev–Trinajstić information content (AvgIpc) is 3.64. The first kappa shape index (κ1) is 45.2. The molecule has 3 aliphatic rings. The first-order valence-electron chi connectivity index (χ1n) is 20.3. The number of hydrogen-bond acceptors (Lipinski definition) is 11. The number of carbonyl (C=O) groups is 5. The molecular formula is C46H42F4N4O10. The average molecular weight is 887 g/mol. The smallest absolute Gasteiger partial charge is 0.417 e. The summed E-state index contributed by atoms with van der Waals surface area (Å²) in [6.45, 7) is 4.82. The van der Waals surface area contributed by atoms with Crippen LogP contribution in [0.3, 0.4) is 0 Å². The predicted molar refractivity (Wildman–Crippen MR) is 217 cm³/mol. The number of likely N-dealkylation sites (tertiary alicyclic amines) is 1. The number of nitrogens with zero attached hydrogens (tertiary/aromatic N) is 3. The Morgan fingerprint density at radius 2 is 1.48 bits per heavy atom. The molecule has 0 aromatic heterocycles. The zero-order chi connectivity index (χ0) is 45.8. The van der Waals surface area contributed by atoms with Gasteiger partial charge in [-0.2, -0.15) is 18.4 Å². The van der Waals surface area contributed by atoms with Crippen molar-refractivity contribution in [2.24, 2.45) is 5.41 Å². The van der Waals surface area contributed by atoms with E-state index >= 15 is 4.39 Å². The number of imide groups is 2.